The lowest BCUT2D eigenvalue weighted by atomic mass is 10.8. The zero-order valence-corrected chi connectivity index (χ0v) is 5.02. The SMILES string of the molecule is [O]C(Cl)(Cl)CCl. The van der Waals surface area contributed by atoms with Crippen LogP contribution in [0.5, 0.6) is 0 Å². The second-order valence-electron chi connectivity index (χ2n) is 0.771. The topological polar surface area (TPSA) is 19.9 Å². The normalized spacial score (nSPS) is 12.0. The molecule has 0 amide bonds. The molecule has 0 fully saturated rings. The van der Waals surface area contributed by atoms with E-state index >= 15 is 0 Å². The Morgan fingerprint density at radius 3 is 1.67 bits per heavy atom. The maximum absolute atomic E-state index is 9.87. The largest absolute Gasteiger partial charge is 0.263 e. The van der Waals surface area contributed by atoms with Gasteiger partial charge in [0.1, 0.15) is 0 Å². The zero-order chi connectivity index (χ0) is 5.21. The molecule has 4 heteroatoms. The molecule has 0 aliphatic carbocycles. The third-order valence-electron chi connectivity index (χ3n) is 0.156. The first-order chi connectivity index (χ1) is 2.56. The van der Waals surface area contributed by atoms with Crippen LogP contribution in [0.3, 0.4) is 0 Å². The van der Waals surface area contributed by atoms with Crippen LogP contribution in [0.25, 0.3) is 0 Å². The minimum Gasteiger partial charge on any atom is -0.192 e. The summed E-state index contributed by atoms with van der Waals surface area (Å²) in [6.45, 7) is 0. The predicted molar refractivity (Wildman–Crippen MR) is 25.8 cm³/mol. The molecule has 0 atom stereocenters. The van der Waals surface area contributed by atoms with Crippen LogP contribution in [0, 0.1) is 0 Å². The van der Waals surface area contributed by atoms with Crippen molar-refractivity contribution in [1.29, 1.82) is 0 Å². The molecule has 0 heterocycles. The Bertz CT molecular complexity index is 38.5. The molecule has 0 N–H and O–H groups in total. The fourth-order valence-corrected chi connectivity index (χ4v) is 0. The average molecular weight is 148 g/mol. The van der Waals surface area contributed by atoms with Gasteiger partial charge in [0.25, 0.3) is 4.52 Å². The Morgan fingerprint density at radius 2 is 1.67 bits per heavy atom. The van der Waals surface area contributed by atoms with E-state index in [4.69, 9.17) is 34.8 Å². The van der Waals surface area contributed by atoms with Gasteiger partial charge in [-0.05, 0) is 0 Å². The molecule has 0 bridgehead atoms. The standard InChI is InChI=1S/C2H2Cl3O/c3-1-2(4,5)6/h1H2. The van der Waals surface area contributed by atoms with Gasteiger partial charge in [-0.3, -0.25) is 0 Å². The van der Waals surface area contributed by atoms with E-state index in [0.717, 1.165) is 0 Å². The molecule has 0 aromatic heterocycles. The maximum Gasteiger partial charge on any atom is 0.263 e. The average Bonchev–Trinajstić information content (AvgIpc) is 1.35. The molecule has 6 heavy (non-hydrogen) atoms. The molecule has 0 aromatic carbocycles. The van der Waals surface area contributed by atoms with Crippen molar-refractivity contribution in [3.8, 4) is 0 Å². The van der Waals surface area contributed by atoms with Crippen molar-refractivity contribution in [3.05, 3.63) is 0 Å². The molecule has 0 spiro atoms. The molecule has 0 unspecified atom stereocenters. The molecule has 1 radical (unpaired) electrons. The van der Waals surface area contributed by atoms with Crippen LogP contribution in [-0.2, 0) is 5.11 Å². The fourth-order valence-electron chi connectivity index (χ4n) is 0. The fraction of sp³-hybridized carbons (Fsp3) is 1.00. The second kappa shape index (κ2) is 2.22. The second-order valence-corrected chi connectivity index (χ2v) is 2.45. The lowest BCUT2D eigenvalue weighted by Gasteiger charge is -1.99. The van der Waals surface area contributed by atoms with Gasteiger partial charge in [-0.25, -0.2) is 0 Å². The quantitative estimate of drug-likeness (QED) is 0.505. The molecule has 0 aliphatic rings. The van der Waals surface area contributed by atoms with Gasteiger partial charge >= 0.3 is 0 Å². The zero-order valence-electron chi connectivity index (χ0n) is 2.75. The minimum absolute atomic E-state index is 0.282. The van der Waals surface area contributed by atoms with Crippen molar-refractivity contribution in [2.45, 2.75) is 4.52 Å². The molecule has 0 rings (SSSR count). The lowest BCUT2D eigenvalue weighted by Crippen LogP contribution is -2.09. The summed E-state index contributed by atoms with van der Waals surface area (Å²) >= 11 is 14.5. The van der Waals surface area contributed by atoms with Crippen LogP contribution < -0.4 is 0 Å². The first-order valence-electron chi connectivity index (χ1n) is 1.20. The van der Waals surface area contributed by atoms with Gasteiger partial charge in [-0.15, -0.1) is 11.6 Å². The van der Waals surface area contributed by atoms with E-state index in [0.29, 0.717) is 0 Å². The number of rotatable bonds is 1. The van der Waals surface area contributed by atoms with Gasteiger partial charge in [0.2, 0.25) is 0 Å². The Labute approximate surface area is 50.8 Å². The minimum atomic E-state index is -2.00. The number of hydrogen-bond donors (Lipinski definition) is 0. The Kier molecular flexibility index (Phi) is 2.53. The first kappa shape index (κ1) is 6.83. The molecule has 37 valence electrons. The summed E-state index contributed by atoms with van der Waals surface area (Å²) in [4.78, 5) is 0. The first-order valence-corrected chi connectivity index (χ1v) is 2.49. The van der Waals surface area contributed by atoms with Crippen molar-refractivity contribution in [3.63, 3.8) is 0 Å². The Hall–Kier alpha value is 0.830. The van der Waals surface area contributed by atoms with Crippen LogP contribution >= 0.6 is 34.8 Å². The van der Waals surface area contributed by atoms with E-state index in [9.17, 15) is 5.11 Å². The number of hydrogen-bond acceptors (Lipinski definition) is 0. The van der Waals surface area contributed by atoms with Gasteiger partial charge in [-0.2, -0.15) is 5.11 Å². The van der Waals surface area contributed by atoms with Gasteiger partial charge < -0.3 is 0 Å². The van der Waals surface area contributed by atoms with Crippen LogP contribution in [-0.4, -0.2) is 10.4 Å². The lowest BCUT2D eigenvalue weighted by molar-refractivity contribution is 0.141. The summed E-state index contributed by atoms with van der Waals surface area (Å²) in [5.41, 5.74) is 0. The highest BCUT2D eigenvalue weighted by Gasteiger charge is 2.18. The van der Waals surface area contributed by atoms with E-state index in [2.05, 4.69) is 0 Å². The summed E-state index contributed by atoms with van der Waals surface area (Å²) in [7, 11) is 0. The van der Waals surface area contributed by atoms with Gasteiger partial charge in [-0.1, -0.05) is 23.2 Å². The number of halogens is 3. The summed E-state index contributed by atoms with van der Waals surface area (Å²) < 4.78 is -2.00. The van der Waals surface area contributed by atoms with Gasteiger partial charge in [0.15, 0.2) is 0 Å². The molecule has 1 nitrogen and oxygen atoms in total. The third-order valence-corrected chi connectivity index (χ3v) is 1.07. The summed E-state index contributed by atoms with van der Waals surface area (Å²) in [5.74, 6) is -0.282. The highest BCUT2D eigenvalue weighted by Crippen LogP contribution is 2.17. The molecule has 0 aromatic rings. The summed E-state index contributed by atoms with van der Waals surface area (Å²) in [6.07, 6.45) is 0. The monoisotopic (exact) mass is 147 g/mol. The Balaban J connectivity index is 3.17. The van der Waals surface area contributed by atoms with Crippen LogP contribution in [0.4, 0.5) is 0 Å². The highest BCUT2D eigenvalue weighted by molar-refractivity contribution is 6.49. The molecule has 0 saturated heterocycles. The highest BCUT2D eigenvalue weighted by atomic mass is 35.5. The van der Waals surface area contributed by atoms with Crippen molar-refractivity contribution < 1.29 is 5.11 Å². The van der Waals surface area contributed by atoms with Crippen molar-refractivity contribution in [2.75, 3.05) is 5.88 Å². The number of alkyl halides is 3. The molecule has 0 aliphatic heterocycles. The van der Waals surface area contributed by atoms with Crippen LogP contribution in [0.1, 0.15) is 0 Å². The molecule has 0 saturated carbocycles. The van der Waals surface area contributed by atoms with Gasteiger partial charge in [0, 0.05) is 0 Å². The summed E-state index contributed by atoms with van der Waals surface area (Å²) in [5, 5.41) is 9.87. The van der Waals surface area contributed by atoms with Crippen molar-refractivity contribution in [1.82, 2.24) is 0 Å². The van der Waals surface area contributed by atoms with E-state index in [1.807, 2.05) is 0 Å². The van der Waals surface area contributed by atoms with Gasteiger partial charge in [0.05, 0.1) is 5.88 Å². The van der Waals surface area contributed by atoms with Crippen molar-refractivity contribution in [2.24, 2.45) is 0 Å². The van der Waals surface area contributed by atoms with Crippen LogP contribution in [0.15, 0.2) is 0 Å². The van der Waals surface area contributed by atoms with Crippen molar-refractivity contribution >= 4 is 34.8 Å². The summed E-state index contributed by atoms with van der Waals surface area (Å²) in [6, 6.07) is 0. The molecular formula is C2H2Cl3O. The van der Waals surface area contributed by atoms with Crippen LogP contribution in [0.2, 0.25) is 0 Å². The van der Waals surface area contributed by atoms with E-state index < -0.39 is 4.52 Å². The van der Waals surface area contributed by atoms with E-state index in [1.165, 1.54) is 0 Å². The Morgan fingerprint density at radius 1 is 1.50 bits per heavy atom. The maximum atomic E-state index is 9.87. The van der Waals surface area contributed by atoms with E-state index in [-0.39, 0.29) is 5.88 Å². The van der Waals surface area contributed by atoms with E-state index in [1.54, 1.807) is 0 Å². The smallest absolute Gasteiger partial charge is 0.192 e. The third kappa shape index (κ3) is 4.83. The molecular weight excluding hydrogens is 146 g/mol. The predicted octanol–water partition coefficient (Wildman–Crippen LogP) is 1.79.